The van der Waals surface area contributed by atoms with Crippen molar-refractivity contribution in [3.63, 3.8) is 0 Å². The minimum absolute atomic E-state index is 0.0356. The van der Waals surface area contributed by atoms with Crippen LogP contribution in [0.15, 0.2) is 12.1 Å². The number of aryl methyl sites for hydroxylation is 1. The Bertz CT molecular complexity index is 795. The Hall–Kier alpha value is -2.61. The van der Waals surface area contributed by atoms with Gasteiger partial charge in [0.05, 0.1) is 13.5 Å². The van der Waals surface area contributed by atoms with E-state index in [0.29, 0.717) is 37.4 Å². The quantitative estimate of drug-likeness (QED) is 0.362. The average Bonchev–Trinajstić information content (AvgIpc) is 2.74. The number of benzene rings is 1. The Labute approximate surface area is 184 Å². The Morgan fingerprint density at radius 1 is 1.23 bits per heavy atom. The van der Waals surface area contributed by atoms with Crippen molar-refractivity contribution >= 4 is 17.8 Å². The highest BCUT2D eigenvalue weighted by atomic mass is 16.7. The molecule has 0 aliphatic carbocycles. The van der Waals surface area contributed by atoms with Crippen molar-refractivity contribution in [3.8, 4) is 5.75 Å². The SMILES string of the molecule is CNCCC(=O)OC(C)OC(=O)N1CCCC(CC(=O)c2cc(C)c(C)c(OC)c2)C1. The van der Waals surface area contributed by atoms with Crippen LogP contribution in [0.5, 0.6) is 5.75 Å². The standard InChI is InChI=1S/C23H34N2O6/c1-15-11-19(13-21(29-5)16(15)2)20(26)12-18-7-6-10-25(14-18)23(28)31-17(3)30-22(27)8-9-24-4/h11,13,17-18,24H,6-10,12,14H2,1-5H3. The zero-order valence-electron chi connectivity index (χ0n) is 19.2. The monoisotopic (exact) mass is 434 g/mol. The summed E-state index contributed by atoms with van der Waals surface area (Å²) in [6.07, 6.45) is 0.728. The zero-order chi connectivity index (χ0) is 23.0. The van der Waals surface area contributed by atoms with E-state index in [2.05, 4.69) is 5.32 Å². The molecule has 1 N–H and O–H groups in total. The van der Waals surface area contributed by atoms with Gasteiger partial charge in [0.25, 0.3) is 0 Å². The van der Waals surface area contributed by atoms with Gasteiger partial charge in [-0.2, -0.15) is 0 Å². The molecule has 31 heavy (non-hydrogen) atoms. The van der Waals surface area contributed by atoms with Crippen LogP contribution >= 0.6 is 0 Å². The molecule has 1 amide bonds. The fraction of sp³-hybridized carbons (Fsp3) is 0.609. The van der Waals surface area contributed by atoms with E-state index in [1.54, 1.807) is 25.1 Å². The molecule has 1 aliphatic heterocycles. The molecule has 8 nitrogen and oxygen atoms in total. The first-order valence-corrected chi connectivity index (χ1v) is 10.7. The van der Waals surface area contributed by atoms with Crippen molar-refractivity contribution in [2.24, 2.45) is 5.92 Å². The molecule has 0 spiro atoms. The number of nitrogens with one attached hydrogen (secondary N) is 1. The van der Waals surface area contributed by atoms with Crippen LogP contribution in [0.3, 0.4) is 0 Å². The van der Waals surface area contributed by atoms with Crippen LogP contribution in [-0.4, -0.2) is 62.8 Å². The number of methoxy groups -OCH3 is 1. The molecule has 1 aliphatic rings. The Kier molecular flexibility index (Phi) is 9.30. The van der Waals surface area contributed by atoms with Gasteiger partial charge in [-0.25, -0.2) is 4.79 Å². The number of carbonyl (C=O) groups is 3. The van der Waals surface area contributed by atoms with Gasteiger partial charge in [0, 0.05) is 38.5 Å². The number of amides is 1. The molecular formula is C23H34N2O6. The molecular weight excluding hydrogens is 400 g/mol. The Morgan fingerprint density at radius 2 is 1.97 bits per heavy atom. The summed E-state index contributed by atoms with van der Waals surface area (Å²) in [6.45, 7) is 6.93. The van der Waals surface area contributed by atoms with E-state index < -0.39 is 18.4 Å². The number of Topliss-reactive ketones (excluding diaryl/α,β-unsaturated/α-hetero) is 1. The van der Waals surface area contributed by atoms with Crippen LogP contribution < -0.4 is 10.1 Å². The predicted molar refractivity (Wildman–Crippen MR) is 116 cm³/mol. The molecule has 0 radical (unpaired) electrons. The van der Waals surface area contributed by atoms with Gasteiger partial charge in [-0.05, 0) is 62.9 Å². The molecule has 1 saturated heterocycles. The maximum absolute atomic E-state index is 12.9. The highest BCUT2D eigenvalue weighted by Crippen LogP contribution is 2.27. The average molecular weight is 435 g/mol. The van der Waals surface area contributed by atoms with Crippen LogP contribution in [0.1, 0.15) is 54.1 Å². The summed E-state index contributed by atoms with van der Waals surface area (Å²) in [4.78, 5) is 38.6. The molecule has 1 heterocycles. The van der Waals surface area contributed by atoms with E-state index in [-0.39, 0.29) is 18.1 Å². The van der Waals surface area contributed by atoms with Gasteiger partial charge in [-0.1, -0.05) is 0 Å². The molecule has 0 bridgehead atoms. The lowest BCUT2D eigenvalue weighted by Crippen LogP contribution is -2.42. The first kappa shape index (κ1) is 24.7. The van der Waals surface area contributed by atoms with Crippen molar-refractivity contribution in [3.05, 3.63) is 28.8 Å². The molecule has 0 saturated carbocycles. The van der Waals surface area contributed by atoms with Crippen molar-refractivity contribution in [1.29, 1.82) is 0 Å². The molecule has 2 unspecified atom stereocenters. The lowest BCUT2D eigenvalue weighted by atomic mass is 9.90. The smallest absolute Gasteiger partial charge is 0.412 e. The molecule has 2 rings (SSSR count). The van der Waals surface area contributed by atoms with Gasteiger partial charge in [0.1, 0.15) is 5.75 Å². The fourth-order valence-corrected chi connectivity index (χ4v) is 3.69. The third kappa shape index (κ3) is 7.24. The molecule has 0 aromatic heterocycles. The Balaban J connectivity index is 1.90. The predicted octanol–water partition coefficient (Wildman–Crippen LogP) is 3.23. The normalized spacial score (nSPS) is 17.1. The van der Waals surface area contributed by atoms with Gasteiger partial charge in [-0.15, -0.1) is 0 Å². The summed E-state index contributed by atoms with van der Waals surface area (Å²) in [5.41, 5.74) is 2.66. The summed E-state index contributed by atoms with van der Waals surface area (Å²) >= 11 is 0. The maximum Gasteiger partial charge on any atom is 0.412 e. The molecule has 172 valence electrons. The lowest BCUT2D eigenvalue weighted by molar-refractivity contribution is -0.166. The van der Waals surface area contributed by atoms with Crippen LogP contribution in [0, 0.1) is 19.8 Å². The second-order valence-electron chi connectivity index (χ2n) is 8.00. The molecule has 2 atom stereocenters. The van der Waals surface area contributed by atoms with Crippen molar-refractivity contribution < 1.29 is 28.6 Å². The first-order valence-electron chi connectivity index (χ1n) is 10.7. The number of esters is 1. The number of ether oxygens (including phenoxy) is 3. The van der Waals surface area contributed by atoms with Crippen molar-refractivity contribution in [1.82, 2.24) is 10.2 Å². The van der Waals surface area contributed by atoms with Gasteiger partial charge in [-0.3, -0.25) is 9.59 Å². The second kappa shape index (κ2) is 11.7. The van der Waals surface area contributed by atoms with E-state index in [0.717, 1.165) is 24.0 Å². The third-order valence-corrected chi connectivity index (χ3v) is 5.56. The van der Waals surface area contributed by atoms with Crippen LogP contribution in [0.2, 0.25) is 0 Å². The second-order valence-corrected chi connectivity index (χ2v) is 8.00. The van der Waals surface area contributed by atoms with Crippen molar-refractivity contribution in [2.75, 3.05) is 33.8 Å². The number of piperidine rings is 1. The van der Waals surface area contributed by atoms with E-state index in [9.17, 15) is 14.4 Å². The highest BCUT2D eigenvalue weighted by molar-refractivity contribution is 5.97. The minimum Gasteiger partial charge on any atom is -0.496 e. The number of rotatable bonds is 9. The fourth-order valence-electron chi connectivity index (χ4n) is 3.69. The van der Waals surface area contributed by atoms with E-state index in [4.69, 9.17) is 14.2 Å². The molecule has 8 heteroatoms. The van der Waals surface area contributed by atoms with E-state index in [1.807, 2.05) is 19.9 Å². The number of likely N-dealkylation sites (tertiary alicyclic amines) is 1. The first-order chi connectivity index (χ1) is 14.7. The van der Waals surface area contributed by atoms with Gasteiger partial charge in [0.15, 0.2) is 5.78 Å². The summed E-state index contributed by atoms with van der Waals surface area (Å²) in [5.74, 6) is 0.361. The number of ketones is 1. The maximum atomic E-state index is 12.9. The zero-order valence-corrected chi connectivity index (χ0v) is 19.2. The van der Waals surface area contributed by atoms with Crippen molar-refractivity contribution in [2.45, 2.75) is 52.7 Å². The number of hydrogen-bond donors (Lipinski definition) is 1. The largest absolute Gasteiger partial charge is 0.496 e. The molecule has 1 fully saturated rings. The summed E-state index contributed by atoms with van der Waals surface area (Å²) in [7, 11) is 3.34. The molecule has 1 aromatic rings. The minimum atomic E-state index is -0.957. The highest BCUT2D eigenvalue weighted by Gasteiger charge is 2.28. The summed E-state index contributed by atoms with van der Waals surface area (Å²) in [6, 6.07) is 3.67. The van der Waals surface area contributed by atoms with Crippen LogP contribution in [0.4, 0.5) is 4.79 Å². The summed E-state index contributed by atoms with van der Waals surface area (Å²) < 4.78 is 15.7. The van der Waals surface area contributed by atoms with Gasteiger partial charge < -0.3 is 24.4 Å². The molecule has 1 aromatic carbocycles. The number of hydrogen-bond acceptors (Lipinski definition) is 7. The Morgan fingerprint density at radius 3 is 2.65 bits per heavy atom. The topological polar surface area (TPSA) is 94.2 Å². The third-order valence-electron chi connectivity index (χ3n) is 5.56. The van der Waals surface area contributed by atoms with Crippen LogP contribution in [0.25, 0.3) is 0 Å². The van der Waals surface area contributed by atoms with Gasteiger partial charge in [0.2, 0.25) is 6.29 Å². The van der Waals surface area contributed by atoms with E-state index in [1.165, 1.54) is 6.92 Å². The van der Waals surface area contributed by atoms with Gasteiger partial charge >= 0.3 is 12.1 Å². The van der Waals surface area contributed by atoms with E-state index >= 15 is 0 Å². The number of carbonyl (C=O) groups excluding carboxylic acids is 3. The number of nitrogens with zero attached hydrogens (tertiary/aromatic N) is 1. The summed E-state index contributed by atoms with van der Waals surface area (Å²) in [5, 5.41) is 2.86. The van der Waals surface area contributed by atoms with Crippen LogP contribution in [-0.2, 0) is 14.3 Å². The lowest BCUT2D eigenvalue weighted by Gasteiger charge is -2.32.